The number of benzene rings is 3. The van der Waals surface area contributed by atoms with Gasteiger partial charge in [-0.1, -0.05) is 60.7 Å². The van der Waals surface area contributed by atoms with E-state index in [2.05, 4.69) is 61.6 Å². The molecule has 3 aromatic rings. The zero-order valence-corrected chi connectivity index (χ0v) is 17.4. The van der Waals surface area contributed by atoms with Gasteiger partial charge in [-0.25, -0.2) is 0 Å². The van der Waals surface area contributed by atoms with Crippen molar-refractivity contribution in [3.8, 4) is 5.75 Å². The molecule has 4 nitrogen and oxygen atoms in total. The second kappa shape index (κ2) is 9.40. The van der Waals surface area contributed by atoms with Crippen molar-refractivity contribution < 1.29 is 14.9 Å². The minimum Gasteiger partial charge on any atom is -0.508 e. The largest absolute Gasteiger partial charge is 0.508 e. The summed E-state index contributed by atoms with van der Waals surface area (Å²) in [6.45, 7) is 6.79. The molecule has 0 radical (unpaired) electrons. The molecule has 0 aliphatic rings. The highest BCUT2D eigenvalue weighted by Crippen LogP contribution is 2.26. The lowest BCUT2D eigenvalue weighted by molar-refractivity contribution is -0.00493. The lowest BCUT2D eigenvalue weighted by atomic mass is 9.93. The molecule has 3 rings (SSSR count). The van der Waals surface area contributed by atoms with E-state index in [0.717, 1.165) is 12.0 Å². The van der Waals surface area contributed by atoms with Crippen molar-refractivity contribution in [2.75, 3.05) is 13.2 Å². The smallest absolute Gasteiger partial charge is 0.121 e. The maximum absolute atomic E-state index is 10.3. The van der Waals surface area contributed by atoms with Gasteiger partial charge in [-0.3, -0.25) is 0 Å². The number of hydrogen-bond donors (Lipinski definition) is 3. The Morgan fingerprint density at radius 3 is 2.41 bits per heavy atom. The Hall–Kier alpha value is -2.40. The van der Waals surface area contributed by atoms with Crippen molar-refractivity contribution in [1.82, 2.24) is 5.32 Å². The summed E-state index contributed by atoms with van der Waals surface area (Å²) in [4.78, 5) is 0. The lowest BCUT2D eigenvalue weighted by Crippen LogP contribution is -2.46. The van der Waals surface area contributed by atoms with Gasteiger partial charge in [0.05, 0.1) is 18.8 Å². The van der Waals surface area contributed by atoms with E-state index in [-0.39, 0.29) is 24.0 Å². The quantitative estimate of drug-likeness (QED) is 0.497. The molecule has 2 atom stereocenters. The number of aliphatic hydroxyl groups is 1. The zero-order valence-electron chi connectivity index (χ0n) is 17.4. The van der Waals surface area contributed by atoms with Crippen molar-refractivity contribution in [3.63, 3.8) is 0 Å². The van der Waals surface area contributed by atoms with E-state index in [1.165, 1.54) is 16.3 Å². The molecule has 154 valence electrons. The molecule has 0 fully saturated rings. The van der Waals surface area contributed by atoms with Crippen LogP contribution in [0.5, 0.6) is 5.75 Å². The minimum atomic E-state index is -0.626. The average molecular weight is 394 g/mol. The molecule has 3 aromatic carbocycles. The van der Waals surface area contributed by atoms with Crippen LogP contribution in [0.1, 0.15) is 38.0 Å². The van der Waals surface area contributed by atoms with Crippen molar-refractivity contribution in [2.45, 2.75) is 44.9 Å². The highest BCUT2D eigenvalue weighted by atomic mass is 16.5. The van der Waals surface area contributed by atoms with Crippen LogP contribution < -0.4 is 5.32 Å². The molecule has 4 heteroatoms. The zero-order chi connectivity index (χ0) is 20.9. The maximum atomic E-state index is 10.3. The van der Waals surface area contributed by atoms with E-state index in [4.69, 9.17) is 4.74 Å². The first-order chi connectivity index (χ1) is 13.8. The third-order valence-electron chi connectivity index (χ3n) is 5.19. The van der Waals surface area contributed by atoms with Crippen molar-refractivity contribution in [3.05, 3.63) is 77.9 Å². The predicted molar refractivity (Wildman–Crippen MR) is 118 cm³/mol. The van der Waals surface area contributed by atoms with Crippen LogP contribution in [0.2, 0.25) is 0 Å². The summed E-state index contributed by atoms with van der Waals surface area (Å²) in [5.41, 5.74) is 1.83. The van der Waals surface area contributed by atoms with Gasteiger partial charge in [0.1, 0.15) is 5.75 Å². The normalized spacial score (nSPS) is 14.1. The molecule has 0 amide bonds. The average Bonchev–Trinajstić information content (AvgIpc) is 2.70. The number of phenolic OH excluding ortho intramolecular Hbond substituents is 1. The summed E-state index contributed by atoms with van der Waals surface area (Å²) in [6, 6.07) is 22.0. The Balaban J connectivity index is 1.49. The van der Waals surface area contributed by atoms with E-state index in [1.54, 1.807) is 12.1 Å². The van der Waals surface area contributed by atoms with Gasteiger partial charge in [0.25, 0.3) is 0 Å². The van der Waals surface area contributed by atoms with Crippen LogP contribution in [-0.4, -0.2) is 35.0 Å². The Morgan fingerprint density at radius 1 is 0.966 bits per heavy atom. The Labute approximate surface area is 173 Å². The number of ether oxygens (including phenoxy) is 1. The molecule has 0 aromatic heterocycles. The lowest BCUT2D eigenvalue weighted by Gasteiger charge is -2.28. The van der Waals surface area contributed by atoms with Crippen LogP contribution >= 0.6 is 0 Å². The summed E-state index contributed by atoms with van der Waals surface area (Å²) in [5, 5.41) is 26.2. The first-order valence-corrected chi connectivity index (χ1v) is 10.1. The first-order valence-electron chi connectivity index (χ1n) is 10.1. The van der Waals surface area contributed by atoms with Crippen molar-refractivity contribution in [2.24, 2.45) is 0 Å². The van der Waals surface area contributed by atoms with E-state index in [0.29, 0.717) is 6.54 Å². The molecule has 1 unspecified atom stereocenters. The van der Waals surface area contributed by atoms with E-state index in [1.807, 2.05) is 19.1 Å². The monoisotopic (exact) mass is 393 g/mol. The second-order valence-electron chi connectivity index (χ2n) is 8.31. The van der Waals surface area contributed by atoms with Crippen LogP contribution in [0.3, 0.4) is 0 Å². The molecule has 0 aliphatic heterocycles. The number of phenols is 1. The van der Waals surface area contributed by atoms with Crippen molar-refractivity contribution >= 4 is 10.8 Å². The summed E-state index contributed by atoms with van der Waals surface area (Å²) in [7, 11) is 0. The molecule has 0 aliphatic carbocycles. The third-order valence-corrected chi connectivity index (χ3v) is 5.19. The Kier molecular flexibility index (Phi) is 6.91. The van der Waals surface area contributed by atoms with Crippen LogP contribution in [0.15, 0.2) is 66.7 Å². The number of fused-ring (bicyclic) bond motifs is 1. The van der Waals surface area contributed by atoms with Gasteiger partial charge in [-0.2, -0.15) is 0 Å². The minimum absolute atomic E-state index is 0.160. The van der Waals surface area contributed by atoms with Gasteiger partial charge in [-0.15, -0.1) is 0 Å². The fourth-order valence-corrected chi connectivity index (χ4v) is 3.55. The number of aromatic hydroxyl groups is 1. The number of β-amino-alcohol motifs (C(OH)–C–C–N with tert-alkyl or cyclic N) is 1. The molecule has 0 saturated heterocycles. The molecule has 0 saturated carbocycles. The Bertz CT molecular complexity index is 938. The van der Waals surface area contributed by atoms with Gasteiger partial charge < -0.3 is 20.3 Å². The Morgan fingerprint density at radius 2 is 1.66 bits per heavy atom. The molecule has 3 N–H and O–H groups in total. The van der Waals surface area contributed by atoms with Gasteiger partial charge in [0.15, 0.2) is 0 Å². The van der Waals surface area contributed by atoms with E-state index < -0.39 is 6.10 Å². The first kappa shape index (κ1) is 21.3. The highest BCUT2D eigenvalue weighted by Gasteiger charge is 2.20. The van der Waals surface area contributed by atoms with Crippen LogP contribution in [-0.2, 0) is 11.2 Å². The van der Waals surface area contributed by atoms with Crippen LogP contribution in [0, 0.1) is 0 Å². The second-order valence-corrected chi connectivity index (χ2v) is 8.31. The number of hydrogen-bond acceptors (Lipinski definition) is 4. The molecule has 0 spiro atoms. The molecule has 0 heterocycles. The SMILES string of the molecule is CC(OC[C@H](O)CNC(C)(C)Cc1ccc2ccccc2c1)c1ccccc1O. The van der Waals surface area contributed by atoms with Gasteiger partial charge >= 0.3 is 0 Å². The number of rotatable bonds is 9. The summed E-state index contributed by atoms with van der Waals surface area (Å²) in [5.74, 6) is 0.212. The fourth-order valence-electron chi connectivity index (χ4n) is 3.55. The maximum Gasteiger partial charge on any atom is 0.121 e. The highest BCUT2D eigenvalue weighted by molar-refractivity contribution is 5.83. The van der Waals surface area contributed by atoms with Crippen LogP contribution in [0.4, 0.5) is 0 Å². The van der Waals surface area contributed by atoms with Crippen molar-refractivity contribution in [1.29, 1.82) is 0 Å². The number of para-hydroxylation sites is 1. The standard InChI is InChI=1S/C25H31NO3/c1-18(23-10-6-7-11-24(23)28)29-17-22(27)16-26-25(2,3)15-19-12-13-20-8-4-5-9-21(20)14-19/h4-14,18,22,26-28H,15-17H2,1-3H3/t18?,22-/m1/s1. The fraction of sp³-hybridized carbons (Fsp3) is 0.360. The number of aliphatic hydroxyl groups excluding tert-OH is 1. The van der Waals surface area contributed by atoms with Crippen LogP contribution in [0.25, 0.3) is 10.8 Å². The topological polar surface area (TPSA) is 61.7 Å². The molecule has 0 bridgehead atoms. The summed E-state index contributed by atoms with van der Waals surface area (Å²) >= 11 is 0. The van der Waals surface area contributed by atoms with Gasteiger partial charge in [0, 0.05) is 17.6 Å². The summed E-state index contributed by atoms with van der Waals surface area (Å²) in [6.07, 6.45) is -0.0460. The predicted octanol–water partition coefficient (Wildman–Crippen LogP) is 4.59. The van der Waals surface area contributed by atoms with E-state index in [9.17, 15) is 10.2 Å². The van der Waals surface area contributed by atoms with Gasteiger partial charge in [-0.05, 0) is 49.6 Å². The molecule has 29 heavy (non-hydrogen) atoms. The van der Waals surface area contributed by atoms with Gasteiger partial charge in [0.2, 0.25) is 0 Å². The third kappa shape index (κ3) is 6.04. The van der Waals surface area contributed by atoms with E-state index >= 15 is 0 Å². The number of nitrogens with one attached hydrogen (secondary N) is 1. The molecular weight excluding hydrogens is 362 g/mol. The molecular formula is C25H31NO3. The summed E-state index contributed by atoms with van der Waals surface area (Å²) < 4.78 is 5.75.